The summed E-state index contributed by atoms with van der Waals surface area (Å²) in [4.78, 5) is 38.3. The SMILES string of the molecule is Cc1cc(C)cc(NC(=O)CSC2CC(=O)N(c3ccc(I)cc3)C2=O)c1. The molecule has 1 N–H and O–H groups in total. The van der Waals surface area contributed by atoms with Gasteiger partial charge in [0, 0.05) is 15.7 Å². The summed E-state index contributed by atoms with van der Waals surface area (Å²) in [5.41, 5.74) is 3.46. The first-order valence-electron chi connectivity index (χ1n) is 8.45. The molecule has 27 heavy (non-hydrogen) atoms. The maximum atomic E-state index is 12.6. The Morgan fingerprint density at radius 2 is 1.78 bits per heavy atom. The lowest BCUT2D eigenvalue weighted by atomic mass is 10.1. The minimum absolute atomic E-state index is 0.117. The van der Waals surface area contributed by atoms with Crippen LogP contribution in [0.2, 0.25) is 0 Å². The highest BCUT2D eigenvalue weighted by atomic mass is 127. The van der Waals surface area contributed by atoms with Crippen LogP contribution in [0.5, 0.6) is 0 Å². The molecule has 0 bridgehead atoms. The molecule has 2 aromatic rings. The molecule has 0 radical (unpaired) electrons. The molecule has 5 nitrogen and oxygen atoms in total. The molecule has 1 saturated heterocycles. The maximum Gasteiger partial charge on any atom is 0.247 e. The molecule has 7 heteroatoms. The molecule has 1 heterocycles. The van der Waals surface area contributed by atoms with Gasteiger partial charge >= 0.3 is 0 Å². The van der Waals surface area contributed by atoms with Crippen LogP contribution < -0.4 is 10.2 Å². The van der Waals surface area contributed by atoms with Crippen LogP contribution in [0, 0.1) is 17.4 Å². The molecular weight excluding hydrogens is 475 g/mol. The summed E-state index contributed by atoms with van der Waals surface area (Å²) in [5, 5.41) is 2.33. The lowest BCUT2D eigenvalue weighted by Gasteiger charge is -2.15. The summed E-state index contributed by atoms with van der Waals surface area (Å²) in [6.45, 7) is 3.94. The second kappa shape index (κ2) is 8.43. The highest BCUT2D eigenvalue weighted by molar-refractivity contribution is 14.1. The molecule has 1 fully saturated rings. The molecule has 1 atom stereocenters. The van der Waals surface area contributed by atoms with E-state index in [1.165, 1.54) is 16.7 Å². The van der Waals surface area contributed by atoms with Gasteiger partial charge in [-0.1, -0.05) is 6.07 Å². The fraction of sp³-hybridized carbons (Fsp3) is 0.250. The van der Waals surface area contributed by atoms with Gasteiger partial charge in [0.05, 0.1) is 16.7 Å². The predicted octanol–water partition coefficient (Wildman–Crippen LogP) is 3.91. The second-order valence-corrected chi connectivity index (χ2v) is 8.91. The number of benzene rings is 2. The summed E-state index contributed by atoms with van der Waals surface area (Å²) >= 11 is 3.38. The Bertz CT molecular complexity index is 878. The highest BCUT2D eigenvalue weighted by Gasteiger charge is 2.40. The van der Waals surface area contributed by atoms with E-state index in [1.54, 1.807) is 12.1 Å². The van der Waals surface area contributed by atoms with Crippen molar-refractivity contribution < 1.29 is 14.4 Å². The van der Waals surface area contributed by atoms with Crippen LogP contribution >= 0.6 is 34.4 Å². The largest absolute Gasteiger partial charge is 0.325 e. The summed E-state index contributed by atoms with van der Waals surface area (Å²) in [7, 11) is 0. The van der Waals surface area contributed by atoms with E-state index < -0.39 is 5.25 Å². The van der Waals surface area contributed by atoms with Gasteiger partial charge in [0.1, 0.15) is 0 Å². The van der Waals surface area contributed by atoms with Crippen molar-refractivity contribution in [2.75, 3.05) is 16.0 Å². The number of thioether (sulfide) groups is 1. The topological polar surface area (TPSA) is 66.5 Å². The smallest absolute Gasteiger partial charge is 0.247 e. The van der Waals surface area contributed by atoms with Crippen molar-refractivity contribution in [3.63, 3.8) is 0 Å². The van der Waals surface area contributed by atoms with E-state index in [-0.39, 0.29) is 29.9 Å². The van der Waals surface area contributed by atoms with Crippen molar-refractivity contribution in [3.8, 4) is 0 Å². The minimum Gasteiger partial charge on any atom is -0.325 e. The van der Waals surface area contributed by atoms with Gasteiger partial charge in [0.25, 0.3) is 0 Å². The maximum absolute atomic E-state index is 12.6. The molecule has 1 aliphatic rings. The third-order valence-corrected chi connectivity index (χ3v) is 6.03. The number of nitrogens with one attached hydrogen (secondary N) is 1. The number of hydrogen-bond acceptors (Lipinski definition) is 4. The number of carbonyl (C=O) groups is 3. The van der Waals surface area contributed by atoms with Gasteiger partial charge in [-0.25, -0.2) is 4.90 Å². The quantitative estimate of drug-likeness (QED) is 0.506. The van der Waals surface area contributed by atoms with Crippen LogP contribution in [0.3, 0.4) is 0 Å². The molecule has 0 saturated carbocycles. The van der Waals surface area contributed by atoms with E-state index in [0.717, 1.165) is 20.4 Å². The van der Waals surface area contributed by atoms with Gasteiger partial charge in [0.15, 0.2) is 0 Å². The lowest BCUT2D eigenvalue weighted by molar-refractivity contribution is -0.121. The zero-order valence-electron chi connectivity index (χ0n) is 15.0. The number of carbonyl (C=O) groups excluding carboxylic acids is 3. The fourth-order valence-corrected chi connectivity index (χ4v) is 4.31. The molecule has 2 aromatic carbocycles. The summed E-state index contributed by atoms with van der Waals surface area (Å²) < 4.78 is 1.03. The van der Waals surface area contributed by atoms with Crippen LogP contribution in [0.15, 0.2) is 42.5 Å². The average molecular weight is 494 g/mol. The molecule has 0 aromatic heterocycles. The Hall–Kier alpha value is -1.87. The Morgan fingerprint density at radius 3 is 2.41 bits per heavy atom. The highest BCUT2D eigenvalue weighted by Crippen LogP contribution is 2.30. The Kier molecular flexibility index (Phi) is 6.21. The van der Waals surface area contributed by atoms with E-state index in [2.05, 4.69) is 27.9 Å². The van der Waals surface area contributed by atoms with E-state index >= 15 is 0 Å². The van der Waals surface area contributed by atoms with Crippen LogP contribution in [0.25, 0.3) is 0 Å². The molecule has 3 rings (SSSR count). The number of nitrogens with zero attached hydrogens (tertiary/aromatic N) is 1. The number of imide groups is 1. The number of amides is 3. The van der Waals surface area contributed by atoms with Gasteiger partial charge in [-0.2, -0.15) is 0 Å². The normalized spacial score (nSPS) is 16.7. The molecule has 140 valence electrons. The van der Waals surface area contributed by atoms with Crippen LogP contribution in [0.1, 0.15) is 17.5 Å². The predicted molar refractivity (Wildman–Crippen MR) is 117 cm³/mol. The number of halogens is 1. The zero-order valence-corrected chi connectivity index (χ0v) is 18.0. The molecule has 0 aliphatic carbocycles. The van der Waals surface area contributed by atoms with E-state index in [0.29, 0.717) is 5.69 Å². The summed E-state index contributed by atoms with van der Waals surface area (Å²) in [6.07, 6.45) is 0.117. The Balaban J connectivity index is 1.59. The number of anilines is 2. The third kappa shape index (κ3) is 4.90. The van der Waals surface area contributed by atoms with E-state index in [9.17, 15) is 14.4 Å². The first-order chi connectivity index (χ1) is 12.8. The van der Waals surface area contributed by atoms with E-state index in [1.807, 2.05) is 44.2 Å². The molecule has 1 unspecified atom stereocenters. The monoisotopic (exact) mass is 494 g/mol. The number of aryl methyl sites for hydroxylation is 2. The van der Waals surface area contributed by atoms with Gasteiger partial charge < -0.3 is 5.32 Å². The van der Waals surface area contributed by atoms with Crippen molar-refractivity contribution in [2.24, 2.45) is 0 Å². The first-order valence-corrected chi connectivity index (χ1v) is 10.6. The van der Waals surface area contributed by atoms with Crippen molar-refractivity contribution >= 4 is 63.4 Å². The molecule has 0 spiro atoms. The fourth-order valence-electron chi connectivity index (χ4n) is 3.02. The standard InChI is InChI=1S/C20H19IN2O3S/c1-12-7-13(2)9-15(8-12)22-18(24)11-27-17-10-19(25)23(20(17)26)16-5-3-14(21)4-6-16/h3-9,17H,10-11H2,1-2H3,(H,22,24). The summed E-state index contributed by atoms with van der Waals surface area (Å²) in [5.74, 6) is -0.547. The first kappa shape index (κ1) is 19.9. The minimum atomic E-state index is -0.526. The molecule has 1 aliphatic heterocycles. The summed E-state index contributed by atoms with van der Waals surface area (Å²) in [6, 6.07) is 13.1. The Labute approximate surface area is 176 Å². The van der Waals surface area contributed by atoms with Crippen LogP contribution in [-0.4, -0.2) is 28.7 Å². The van der Waals surface area contributed by atoms with Crippen LogP contribution in [0.4, 0.5) is 11.4 Å². The zero-order chi connectivity index (χ0) is 19.6. The second-order valence-electron chi connectivity index (χ2n) is 6.47. The average Bonchev–Trinajstić information content (AvgIpc) is 2.87. The van der Waals surface area contributed by atoms with Gasteiger partial charge in [-0.3, -0.25) is 14.4 Å². The molecule has 3 amide bonds. The van der Waals surface area contributed by atoms with E-state index in [4.69, 9.17) is 0 Å². The number of rotatable bonds is 5. The van der Waals surface area contributed by atoms with Crippen molar-refractivity contribution in [2.45, 2.75) is 25.5 Å². The number of hydrogen-bond donors (Lipinski definition) is 1. The van der Waals surface area contributed by atoms with Crippen molar-refractivity contribution in [1.82, 2.24) is 0 Å². The van der Waals surface area contributed by atoms with Crippen molar-refractivity contribution in [3.05, 3.63) is 57.2 Å². The van der Waals surface area contributed by atoms with Gasteiger partial charge in [0.2, 0.25) is 17.7 Å². The third-order valence-electron chi connectivity index (χ3n) is 4.11. The van der Waals surface area contributed by atoms with Crippen molar-refractivity contribution in [1.29, 1.82) is 0 Å². The van der Waals surface area contributed by atoms with Gasteiger partial charge in [-0.15, -0.1) is 11.8 Å². The molecular formula is C20H19IN2O3S. The van der Waals surface area contributed by atoms with Crippen LogP contribution in [-0.2, 0) is 14.4 Å². The Morgan fingerprint density at radius 1 is 1.15 bits per heavy atom. The van der Waals surface area contributed by atoms with Gasteiger partial charge in [-0.05, 0) is 84.0 Å². The lowest BCUT2D eigenvalue weighted by Crippen LogP contribution is -2.31.